The predicted octanol–water partition coefficient (Wildman–Crippen LogP) is 2.71. The summed E-state index contributed by atoms with van der Waals surface area (Å²) in [6.45, 7) is 5.08. The van der Waals surface area contributed by atoms with Crippen LogP contribution in [0.3, 0.4) is 0 Å². The fourth-order valence-corrected chi connectivity index (χ4v) is 2.79. The van der Waals surface area contributed by atoms with E-state index in [0.717, 1.165) is 24.1 Å². The number of morpholine rings is 1. The van der Waals surface area contributed by atoms with Gasteiger partial charge in [0.15, 0.2) is 0 Å². The maximum atomic E-state index is 5.73. The van der Waals surface area contributed by atoms with Crippen molar-refractivity contribution in [3.05, 3.63) is 46.0 Å². The highest BCUT2D eigenvalue weighted by molar-refractivity contribution is 9.10. The van der Waals surface area contributed by atoms with Crippen molar-refractivity contribution in [2.45, 2.75) is 19.6 Å². The Morgan fingerprint density at radius 1 is 1.45 bits per heavy atom. The van der Waals surface area contributed by atoms with E-state index in [1.165, 1.54) is 5.56 Å². The first kappa shape index (κ1) is 13.7. The fraction of sp³-hybridized carbons (Fsp3) is 0.429. The minimum Gasteiger partial charge on any atom is -0.367 e. The SMILES string of the molecule is Cc1nc([C@H]2CN(Cc3cccc(Br)c3)CCO2)no1. The van der Waals surface area contributed by atoms with E-state index < -0.39 is 0 Å². The summed E-state index contributed by atoms with van der Waals surface area (Å²) in [6, 6.07) is 8.37. The third kappa shape index (κ3) is 3.26. The maximum Gasteiger partial charge on any atom is 0.223 e. The zero-order chi connectivity index (χ0) is 13.9. The van der Waals surface area contributed by atoms with E-state index in [4.69, 9.17) is 9.26 Å². The van der Waals surface area contributed by atoms with E-state index in [-0.39, 0.29) is 6.10 Å². The normalized spacial score (nSPS) is 20.2. The van der Waals surface area contributed by atoms with E-state index in [2.05, 4.69) is 49.2 Å². The number of hydrogen-bond donors (Lipinski definition) is 0. The van der Waals surface area contributed by atoms with Crippen LogP contribution < -0.4 is 0 Å². The van der Waals surface area contributed by atoms with Crippen LogP contribution in [0.1, 0.15) is 23.4 Å². The average molecular weight is 338 g/mol. The highest BCUT2D eigenvalue weighted by Gasteiger charge is 2.25. The van der Waals surface area contributed by atoms with Gasteiger partial charge in [0.1, 0.15) is 6.10 Å². The van der Waals surface area contributed by atoms with Crippen LogP contribution in [-0.4, -0.2) is 34.7 Å². The molecular formula is C14H16BrN3O2. The van der Waals surface area contributed by atoms with E-state index >= 15 is 0 Å². The van der Waals surface area contributed by atoms with Crippen molar-refractivity contribution in [1.29, 1.82) is 0 Å². The molecule has 0 N–H and O–H groups in total. The number of aromatic nitrogens is 2. The summed E-state index contributed by atoms with van der Waals surface area (Å²) in [5, 5.41) is 3.95. The largest absolute Gasteiger partial charge is 0.367 e. The molecule has 0 amide bonds. The van der Waals surface area contributed by atoms with Gasteiger partial charge in [0.05, 0.1) is 6.61 Å². The Hall–Kier alpha value is -1.24. The number of benzene rings is 1. The molecule has 1 aromatic heterocycles. The van der Waals surface area contributed by atoms with Gasteiger partial charge < -0.3 is 9.26 Å². The molecule has 0 unspecified atom stereocenters. The first-order valence-corrected chi connectivity index (χ1v) is 7.38. The third-order valence-electron chi connectivity index (χ3n) is 3.28. The van der Waals surface area contributed by atoms with Crippen LogP contribution in [0.2, 0.25) is 0 Å². The molecule has 1 fully saturated rings. The first-order chi connectivity index (χ1) is 9.70. The van der Waals surface area contributed by atoms with E-state index in [9.17, 15) is 0 Å². The second-order valence-electron chi connectivity index (χ2n) is 4.90. The smallest absolute Gasteiger partial charge is 0.223 e. The van der Waals surface area contributed by atoms with Crippen molar-refractivity contribution in [1.82, 2.24) is 15.0 Å². The van der Waals surface area contributed by atoms with Gasteiger partial charge in [-0.2, -0.15) is 4.98 Å². The molecule has 0 spiro atoms. The minimum absolute atomic E-state index is 0.103. The van der Waals surface area contributed by atoms with Crippen LogP contribution in [0, 0.1) is 6.92 Å². The Morgan fingerprint density at radius 2 is 2.35 bits per heavy atom. The van der Waals surface area contributed by atoms with Crippen molar-refractivity contribution in [2.75, 3.05) is 19.7 Å². The quantitative estimate of drug-likeness (QED) is 0.861. The lowest BCUT2D eigenvalue weighted by Gasteiger charge is -2.31. The van der Waals surface area contributed by atoms with Crippen LogP contribution in [0.4, 0.5) is 0 Å². The Bertz CT molecular complexity index is 587. The molecule has 1 aliphatic rings. The molecule has 1 aliphatic heterocycles. The number of halogens is 1. The van der Waals surface area contributed by atoms with Crippen LogP contribution in [0.15, 0.2) is 33.3 Å². The molecule has 1 aromatic carbocycles. The molecule has 0 radical (unpaired) electrons. The molecular weight excluding hydrogens is 322 g/mol. The minimum atomic E-state index is -0.103. The van der Waals surface area contributed by atoms with E-state index in [1.54, 1.807) is 6.92 Å². The van der Waals surface area contributed by atoms with Gasteiger partial charge in [-0.05, 0) is 17.7 Å². The lowest BCUT2D eigenvalue weighted by Crippen LogP contribution is -2.38. The molecule has 3 rings (SSSR count). The van der Waals surface area contributed by atoms with Gasteiger partial charge in [-0.3, -0.25) is 4.90 Å². The molecule has 0 bridgehead atoms. The highest BCUT2D eigenvalue weighted by atomic mass is 79.9. The summed E-state index contributed by atoms with van der Waals surface area (Å²) in [5.74, 6) is 1.22. The molecule has 106 valence electrons. The van der Waals surface area contributed by atoms with Crippen molar-refractivity contribution in [2.24, 2.45) is 0 Å². The standard InChI is InChI=1S/C14H16BrN3O2/c1-10-16-14(17-20-10)13-9-18(5-6-19-13)8-11-3-2-4-12(15)7-11/h2-4,7,13H,5-6,8-9H2,1H3/t13-/m1/s1. The summed E-state index contributed by atoms with van der Waals surface area (Å²) in [6.07, 6.45) is -0.103. The Balaban J connectivity index is 1.66. The van der Waals surface area contributed by atoms with Gasteiger partial charge in [-0.1, -0.05) is 33.2 Å². The predicted molar refractivity (Wildman–Crippen MR) is 77.1 cm³/mol. The monoisotopic (exact) mass is 337 g/mol. The molecule has 6 heteroatoms. The molecule has 20 heavy (non-hydrogen) atoms. The lowest BCUT2D eigenvalue weighted by atomic mass is 10.2. The molecule has 5 nitrogen and oxygen atoms in total. The molecule has 1 atom stereocenters. The van der Waals surface area contributed by atoms with E-state index in [0.29, 0.717) is 18.3 Å². The van der Waals surface area contributed by atoms with Gasteiger partial charge in [0, 0.05) is 31.0 Å². The lowest BCUT2D eigenvalue weighted by molar-refractivity contribution is -0.0380. The molecule has 0 aliphatic carbocycles. The third-order valence-corrected chi connectivity index (χ3v) is 3.77. The molecule has 2 aromatic rings. The Labute approximate surface area is 126 Å². The van der Waals surface area contributed by atoms with Crippen molar-refractivity contribution in [3.8, 4) is 0 Å². The number of rotatable bonds is 3. The number of hydrogen-bond acceptors (Lipinski definition) is 5. The zero-order valence-electron chi connectivity index (χ0n) is 11.3. The maximum absolute atomic E-state index is 5.73. The topological polar surface area (TPSA) is 51.4 Å². The van der Waals surface area contributed by atoms with E-state index in [1.807, 2.05) is 6.07 Å². The summed E-state index contributed by atoms with van der Waals surface area (Å²) < 4.78 is 11.9. The molecule has 1 saturated heterocycles. The van der Waals surface area contributed by atoms with Gasteiger partial charge in [0.2, 0.25) is 11.7 Å². The average Bonchev–Trinajstić information content (AvgIpc) is 2.86. The number of ether oxygens (including phenoxy) is 1. The fourth-order valence-electron chi connectivity index (χ4n) is 2.34. The molecule has 0 saturated carbocycles. The van der Waals surface area contributed by atoms with Gasteiger partial charge in [0.25, 0.3) is 0 Å². The van der Waals surface area contributed by atoms with Gasteiger partial charge in [-0.15, -0.1) is 0 Å². The second kappa shape index (κ2) is 6.03. The van der Waals surface area contributed by atoms with Crippen LogP contribution in [0.25, 0.3) is 0 Å². The summed E-state index contributed by atoms with van der Waals surface area (Å²) in [7, 11) is 0. The van der Waals surface area contributed by atoms with Crippen molar-refractivity contribution < 1.29 is 9.26 Å². The first-order valence-electron chi connectivity index (χ1n) is 6.59. The summed E-state index contributed by atoms with van der Waals surface area (Å²) in [4.78, 5) is 6.60. The Morgan fingerprint density at radius 3 is 3.10 bits per heavy atom. The van der Waals surface area contributed by atoms with Crippen LogP contribution >= 0.6 is 15.9 Å². The van der Waals surface area contributed by atoms with Crippen molar-refractivity contribution >= 4 is 15.9 Å². The molecule has 2 heterocycles. The summed E-state index contributed by atoms with van der Waals surface area (Å²) in [5.41, 5.74) is 1.28. The van der Waals surface area contributed by atoms with Crippen molar-refractivity contribution in [3.63, 3.8) is 0 Å². The second-order valence-corrected chi connectivity index (χ2v) is 5.81. The number of aryl methyl sites for hydroxylation is 1. The Kier molecular flexibility index (Phi) is 4.14. The van der Waals surface area contributed by atoms with Crippen LogP contribution in [-0.2, 0) is 11.3 Å². The van der Waals surface area contributed by atoms with Crippen LogP contribution in [0.5, 0.6) is 0 Å². The van der Waals surface area contributed by atoms with Gasteiger partial charge in [-0.25, -0.2) is 0 Å². The summed E-state index contributed by atoms with van der Waals surface area (Å²) >= 11 is 3.50. The zero-order valence-corrected chi connectivity index (χ0v) is 12.8. The number of nitrogens with zero attached hydrogens (tertiary/aromatic N) is 3. The van der Waals surface area contributed by atoms with Gasteiger partial charge >= 0.3 is 0 Å². The highest BCUT2D eigenvalue weighted by Crippen LogP contribution is 2.21.